The number of anilines is 1. The van der Waals surface area contributed by atoms with Crippen LogP contribution in [0.25, 0.3) is 10.9 Å². The summed E-state index contributed by atoms with van der Waals surface area (Å²) in [5.41, 5.74) is 3.63. The Morgan fingerprint density at radius 1 is 1.05 bits per heavy atom. The topological polar surface area (TPSA) is 77.1 Å². The van der Waals surface area contributed by atoms with E-state index in [9.17, 15) is 18.0 Å². The van der Waals surface area contributed by atoms with E-state index in [4.69, 9.17) is 0 Å². The number of likely N-dealkylation sites (N-methyl/N-ethyl adjacent to an activating group) is 1. The molecule has 0 atom stereocenters. The zero-order chi connectivity index (χ0) is 27.6. The zero-order valence-corrected chi connectivity index (χ0v) is 21.6. The lowest BCUT2D eigenvalue weighted by Crippen LogP contribution is -2.43. The van der Waals surface area contributed by atoms with Gasteiger partial charge in [-0.05, 0) is 67.4 Å². The van der Waals surface area contributed by atoms with E-state index in [0.29, 0.717) is 27.9 Å². The van der Waals surface area contributed by atoms with Crippen LogP contribution in [-0.2, 0) is 12.7 Å². The molecule has 0 bridgehead atoms. The van der Waals surface area contributed by atoms with Gasteiger partial charge in [0.1, 0.15) is 5.69 Å². The predicted octanol–water partition coefficient (Wildman–Crippen LogP) is 4.68. The molecule has 1 fully saturated rings. The van der Waals surface area contributed by atoms with Crippen molar-refractivity contribution in [3.63, 3.8) is 0 Å². The Bertz CT molecular complexity index is 1580. The molecule has 10 heteroatoms. The van der Waals surface area contributed by atoms with Crippen LogP contribution in [-0.4, -0.2) is 64.1 Å². The molecule has 7 nitrogen and oxygen atoms in total. The number of aromatic nitrogens is 3. The quantitative estimate of drug-likeness (QED) is 0.373. The predicted molar refractivity (Wildman–Crippen MR) is 143 cm³/mol. The molecule has 0 spiro atoms. The number of piperazine rings is 1. The Morgan fingerprint density at radius 2 is 1.85 bits per heavy atom. The molecule has 1 amide bonds. The highest BCUT2D eigenvalue weighted by Crippen LogP contribution is 2.31. The number of rotatable bonds is 4. The van der Waals surface area contributed by atoms with E-state index >= 15 is 0 Å². The molecule has 0 saturated carbocycles. The van der Waals surface area contributed by atoms with E-state index in [1.165, 1.54) is 24.0 Å². The van der Waals surface area contributed by atoms with Crippen LogP contribution < -0.4 is 5.32 Å². The Kier molecular flexibility index (Phi) is 7.37. The summed E-state index contributed by atoms with van der Waals surface area (Å²) in [6, 6.07) is 10.8. The van der Waals surface area contributed by atoms with Crippen molar-refractivity contribution < 1.29 is 18.0 Å². The van der Waals surface area contributed by atoms with Crippen LogP contribution >= 0.6 is 0 Å². The number of halogens is 3. The summed E-state index contributed by atoms with van der Waals surface area (Å²) in [4.78, 5) is 21.8. The van der Waals surface area contributed by atoms with E-state index in [1.54, 1.807) is 6.07 Å². The largest absolute Gasteiger partial charge is 0.416 e. The number of hydrogen-bond acceptors (Lipinski definition) is 5. The molecule has 3 heterocycles. The lowest BCUT2D eigenvalue weighted by atomic mass is 10.1. The van der Waals surface area contributed by atoms with Gasteiger partial charge in [0.2, 0.25) is 0 Å². The first-order valence-corrected chi connectivity index (χ1v) is 12.5. The van der Waals surface area contributed by atoms with Crippen LogP contribution in [0.2, 0.25) is 0 Å². The minimum Gasteiger partial charge on any atom is -0.322 e. The van der Waals surface area contributed by atoms with E-state index in [1.807, 2.05) is 19.1 Å². The van der Waals surface area contributed by atoms with Crippen molar-refractivity contribution in [1.82, 2.24) is 25.0 Å². The smallest absolute Gasteiger partial charge is 0.322 e. The molecule has 0 radical (unpaired) electrons. The average molecular weight is 533 g/mol. The Hall–Kier alpha value is -4.20. The number of nitrogens with zero attached hydrogens (tertiary/aromatic N) is 4. The minimum atomic E-state index is -4.45. The van der Waals surface area contributed by atoms with E-state index in [-0.39, 0.29) is 11.4 Å². The van der Waals surface area contributed by atoms with Crippen LogP contribution in [0, 0.1) is 18.8 Å². The van der Waals surface area contributed by atoms with Crippen LogP contribution in [0.4, 0.5) is 18.9 Å². The molecule has 1 aliphatic rings. The van der Waals surface area contributed by atoms with E-state index < -0.39 is 11.7 Å². The molecule has 5 rings (SSSR count). The number of aryl methyl sites for hydroxylation is 1. The summed E-state index contributed by atoms with van der Waals surface area (Å²) < 4.78 is 38.9. The molecule has 0 unspecified atom stereocenters. The van der Waals surface area contributed by atoms with Gasteiger partial charge in [0.25, 0.3) is 5.91 Å². The van der Waals surface area contributed by atoms with Gasteiger partial charge in [-0.2, -0.15) is 18.3 Å². The number of pyridine rings is 1. The molecule has 200 valence electrons. The maximum Gasteiger partial charge on any atom is 0.416 e. The maximum atomic E-state index is 13.0. The van der Waals surface area contributed by atoms with Crippen molar-refractivity contribution in [1.29, 1.82) is 0 Å². The van der Waals surface area contributed by atoms with Gasteiger partial charge in [-0.3, -0.25) is 19.8 Å². The van der Waals surface area contributed by atoms with E-state index in [0.717, 1.165) is 50.4 Å². The first-order chi connectivity index (χ1) is 18.7. The molecular formula is C29H27F3N6O. The zero-order valence-electron chi connectivity index (χ0n) is 21.6. The maximum absolute atomic E-state index is 13.0. The third kappa shape index (κ3) is 6.28. The highest BCUT2D eigenvalue weighted by molar-refractivity contribution is 6.04. The summed E-state index contributed by atoms with van der Waals surface area (Å²) in [7, 11) is 2.14. The van der Waals surface area contributed by atoms with Crippen molar-refractivity contribution in [2.75, 3.05) is 38.5 Å². The third-order valence-electron chi connectivity index (χ3n) is 6.81. The number of amides is 1. The number of aromatic amines is 1. The molecule has 1 saturated heterocycles. The highest BCUT2D eigenvalue weighted by atomic mass is 19.4. The first-order valence-electron chi connectivity index (χ1n) is 12.5. The fourth-order valence-electron chi connectivity index (χ4n) is 4.45. The van der Waals surface area contributed by atoms with Crippen LogP contribution in [0.5, 0.6) is 0 Å². The molecule has 1 aliphatic heterocycles. The van der Waals surface area contributed by atoms with Crippen molar-refractivity contribution in [3.8, 4) is 11.8 Å². The van der Waals surface area contributed by atoms with Gasteiger partial charge in [0.15, 0.2) is 0 Å². The van der Waals surface area contributed by atoms with Gasteiger partial charge in [-0.15, -0.1) is 0 Å². The highest BCUT2D eigenvalue weighted by Gasteiger charge is 2.30. The molecule has 4 aromatic rings. The van der Waals surface area contributed by atoms with Gasteiger partial charge in [-0.1, -0.05) is 12.0 Å². The van der Waals surface area contributed by atoms with Crippen molar-refractivity contribution in [3.05, 3.63) is 88.4 Å². The number of H-pyrrole nitrogens is 1. The van der Waals surface area contributed by atoms with E-state index in [2.05, 4.69) is 55.3 Å². The first kappa shape index (κ1) is 26.4. The second-order valence-electron chi connectivity index (χ2n) is 9.72. The number of carbonyl (C=O) groups excluding carboxylic acids is 1. The van der Waals surface area contributed by atoms with Gasteiger partial charge in [0, 0.05) is 61.8 Å². The fraction of sp³-hybridized carbons (Fsp3) is 0.276. The Balaban J connectivity index is 1.26. The Labute approximate surface area is 224 Å². The van der Waals surface area contributed by atoms with Gasteiger partial charge < -0.3 is 10.2 Å². The summed E-state index contributed by atoms with van der Waals surface area (Å²) in [5.74, 6) is 5.47. The number of alkyl halides is 3. The number of hydrogen-bond donors (Lipinski definition) is 2. The standard InChI is InChI=1S/C29H27F3N6O/c1-19-13-24(6-4-21(19)18-38-11-9-37(2)10-12-38)34-28(39)22-14-20(16-33-17-22)3-8-26-25-7-5-23(29(30,31)32)15-27(25)36-35-26/h4-7,13-17H,9-12,18H2,1-2H3,(H,34,39)(H,35,36). The average Bonchev–Trinajstić information content (AvgIpc) is 3.32. The molecule has 0 aliphatic carbocycles. The number of benzene rings is 2. The monoisotopic (exact) mass is 532 g/mol. The number of nitrogens with one attached hydrogen (secondary N) is 2. The lowest BCUT2D eigenvalue weighted by Gasteiger charge is -2.32. The summed E-state index contributed by atoms with van der Waals surface area (Å²) in [6.07, 6.45) is -1.47. The fourth-order valence-corrected chi connectivity index (χ4v) is 4.45. The normalized spacial score (nSPS) is 14.7. The molecule has 39 heavy (non-hydrogen) atoms. The molecule has 2 aromatic carbocycles. The van der Waals surface area contributed by atoms with Crippen LogP contribution in [0.3, 0.4) is 0 Å². The SMILES string of the molecule is Cc1cc(NC(=O)c2cncc(C#Cc3[nH]nc4cc(C(F)(F)F)ccc34)c2)ccc1CN1CCN(C)CC1. The second-order valence-corrected chi connectivity index (χ2v) is 9.72. The van der Waals surface area contributed by atoms with Gasteiger partial charge >= 0.3 is 6.18 Å². The third-order valence-corrected chi connectivity index (χ3v) is 6.81. The lowest BCUT2D eigenvalue weighted by molar-refractivity contribution is -0.137. The minimum absolute atomic E-state index is 0.172. The van der Waals surface area contributed by atoms with Crippen LogP contribution in [0.1, 0.15) is 38.3 Å². The van der Waals surface area contributed by atoms with Crippen LogP contribution in [0.15, 0.2) is 54.9 Å². The summed E-state index contributed by atoms with van der Waals surface area (Å²) in [5, 5.41) is 10.0. The van der Waals surface area contributed by atoms with Gasteiger partial charge in [-0.25, -0.2) is 0 Å². The Morgan fingerprint density at radius 3 is 2.59 bits per heavy atom. The van der Waals surface area contributed by atoms with Crippen molar-refractivity contribution >= 4 is 22.5 Å². The number of carbonyl (C=O) groups is 1. The van der Waals surface area contributed by atoms with Crippen molar-refractivity contribution in [2.45, 2.75) is 19.6 Å². The number of fused-ring (bicyclic) bond motifs is 1. The molecular weight excluding hydrogens is 505 g/mol. The second kappa shape index (κ2) is 10.9. The summed E-state index contributed by atoms with van der Waals surface area (Å²) in [6.45, 7) is 7.12. The van der Waals surface area contributed by atoms with Crippen molar-refractivity contribution in [2.24, 2.45) is 0 Å². The van der Waals surface area contributed by atoms with Gasteiger partial charge in [0.05, 0.1) is 16.6 Å². The molecule has 2 N–H and O–H groups in total. The molecule has 2 aromatic heterocycles. The summed E-state index contributed by atoms with van der Waals surface area (Å²) >= 11 is 0.